The number of rotatable bonds is 4. The van der Waals surface area contributed by atoms with Crippen molar-refractivity contribution in [1.82, 2.24) is 15.0 Å². The summed E-state index contributed by atoms with van der Waals surface area (Å²) in [5.41, 5.74) is 10.9. The summed E-state index contributed by atoms with van der Waals surface area (Å²) in [7, 11) is 0. The van der Waals surface area contributed by atoms with E-state index in [9.17, 15) is 0 Å². The minimum atomic E-state index is 0.304. The first kappa shape index (κ1) is 18.1. The van der Waals surface area contributed by atoms with E-state index in [1.54, 1.807) is 18.6 Å². The third-order valence-corrected chi connectivity index (χ3v) is 5.21. The molecule has 0 aliphatic carbocycles. The molecular weight excluding hydrogens is 348 g/mol. The second kappa shape index (κ2) is 7.38. The largest absolute Gasteiger partial charge is 0.397 e. The Bertz CT molecular complexity index is 1010. The number of hydrogen-bond acceptors (Lipinski definition) is 6. The molecule has 28 heavy (non-hydrogen) atoms. The van der Waals surface area contributed by atoms with E-state index in [0.29, 0.717) is 28.6 Å². The molecule has 1 unspecified atom stereocenters. The van der Waals surface area contributed by atoms with E-state index in [1.165, 1.54) is 6.42 Å². The van der Waals surface area contributed by atoms with Crippen LogP contribution in [0.1, 0.15) is 30.2 Å². The smallest absolute Gasteiger partial charge is 0.132 e. The summed E-state index contributed by atoms with van der Waals surface area (Å²) < 4.78 is 0. The number of nitrogens with zero attached hydrogens (tertiary/aromatic N) is 4. The fourth-order valence-corrected chi connectivity index (χ4v) is 3.60. The summed E-state index contributed by atoms with van der Waals surface area (Å²) in [6.07, 6.45) is 6.25. The van der Waals surface area contributed by atoms with Gasteiger partial charge in [-0.15, -0.1) is 0 Å². The quantitative estimate of drug-likeness (QED) is 0.682. The van der Waals surface area contributed by atoms with Crippen molar-refractivity contribution in [2.24, 2.45) is 5.92 Å². The lowest BCUT2D eigenvalue weighted by atomic mass is 10.0. The molecule has 0 saturated carbocycles. The lowest BCUT2D eigenvalue weighted by Gasteiger charge is -2.20. The minimum Gasteiger partial charge on any atom is -0.397 e. The number of nitrogen functional groups attached to an aromatic ring is 1. The van der Waals surface area contributed by atoms with Gasteiger partial charge in [-0.2, -0.15) is 0 Å². The zero-order valence-corrected chi connectivity index (χ0v) is 16.2. The fraction of sp³-hybridized carbons (Fsp3) is 0.273. The van der Waals surface area contributed by atoms with E-state index < -0.39 is 0 Å². The van der Waals surface area contributed by atoms with Crippen molar-refractivity contribution in [3.05, 3.63) is 65.7 Å². The minimum absolute atomic E-state index is 0.304. The van der Waals surface area contributed by atoms with Crippen LogP contribution in [-0.4, -0.2) is 33.8 Å². The molecule has 1 aliphatic heterocycles. The molecule has 142 valence electrons. The lowest BCUT2D eigenvalue weighted by Crippen LogP contribution is -2.22. The van der Waals surface area contributed by atoms with Crippen LogP contribution in [0.3, 0.4) is 0 Å². The summed E-state index contributed by atoms with van der Waals surface area (Å²) in [6, 6.07) is 9.58. The van der Waals surface area contributed by atoms with Crippen LogP contribution in [0.4, 0.5) is 11.5 Å². The standard InChI is InChI=1S/C22H24N6/c1-14-7-9-28(13-14)22-15(2)5-6-19(27-22)21(24)17-10-20(26-12-18(17)23)16-4-3-8-25-11-16/h3-6,8,10-12,14,24H,7,9,13,23H2,1-2H3. The number of anilines is 2. The van der Waals surface area contributed by atoms with Crippen LogP contribution in [0.15, 0.2) is 48.9 Å². The van der Waals surface area contributed by atoms with Gasteiger partial charge in [0.2, 0.25) is 0 Å². The Morgan fingerprint density at radius 1 is 1.25 bits per heavy atom. The summed E-state index contributed by atoms with van der Waals surface area (Å²) in [5.74, 6) is 1.63. The average molecular weight is 372 g/mol. The molecule has 3 N–H and O–H groups in total. The maximum absolute atomic E-state index is 8.74. The van der Waals surface area contributed by atoms with Gasteiger partial charge in [-0.1, -0.05) is 13.0 Å². The van der Waals surface area contributed by atoms with Crippen molar-refractivity contribution in [2.75, 3.05) is 23.7 Å². The van der Waals surface area contributed by atoms with Gasteiger partial charge in [0.1, 0.15) is 5.82 Å². The van der Waals surface area contributed by atoms with Gasteiger partial charge in [-0.3, -0.25) is 15.4 Å². The zero-order valence-electron chi connectivity index (χ0n) is 16.2. The van der Waals surface area contributed by atoms with Crippen LogP contribution in [0.2, 0.25) is 0 Å². The summed E-state index contributed by atoms with van der Waals surface area (Å²) >= 11 is 0. The maximum Gasteiger partial charge on any atom is 0.132 e. The van der Waals surface area contributed by atoms with E-state index in [4.69, 9.17) is 16.1 Å². The van der Waals surface area contributed by atoms with E-state index in [2.05, 4.69) is 28.7 Å². The van der Waals surface area contributed by atoms with Crippen LogP contribution >= 0.6 is 0 Å². The van der Waals surface area contributed by atoms with E-state index in [1.807, 2.05) is 30.3 Å². The SMILES string of the molecule is Cc1ccc(C(=N)c2cc(-c3cccnc3)ncc2N)nc1N1CCC(C)C1. The van der Waals surface area contributed by atoms with Crippen LogP contribution in [-0.2, 0) is 0 Å². The molecule has 6 heteroatoms. The first-order valence-electron chi connectivity index (χ1n) is 9.50. The van der Waals surface area contributed by atoms with Crippen molar-refractivity contribution in [2.45, 2.75) is 20.3 Å². The van der Waals surface area contributed by atoms with Gasteiger partial charge in [0.25, 0.3) is 0 Å². The molecule has 6 nitrogen and oxygen atoms in total. The van der Waals surface area contributed by atoms with Crippen molar-refractivity contribution >= 4 is 17.2 Å². The molecular formula is C22H24N6. The zero-order chi connectivity index (χ0) is 19.7. The van der Waals surface area contributed by atoms with Crippen LogP contribution in [0, 0.1) is 18.3 Å². The van der Waals surface area contributed by atoms with Crippen LogP contribution in [0.5, 0.6) is 0 Å². The summed E-state index contributed by atoms with van der Waals surface area (Å²) in [5, 5.41) is 8.74. The molecule has 1 saturated heterocycles. The lowest BCUT2D eigenvalue weighted by molar-refractivity contribution is 0.658. The highest BCUT2D eigenvalue weighted by molar-refractivity contribution is 6.13. The van der Waals surface area contributed by atoms with E-state index in [-0.39, 0.29) is 0 Å². The molecule has 4 rings (SSSR count). The van der Waals surface area contributed by atoms with Crippen LogP contribution < -0.4 is 10.6 Å². The number of pyridine rings is 3. The Labute approximate surface area is 165 Å². The Balaban J connectivity index is 1.70. The third kappa shape index (κ3) is 3.45. The molecule has 0 radical (unpaired) electrons. The predicted molar refractivity (Wildman–Crippen MR) is 113 cm³/mol. The number of nitrogens with one attached hydrogen (secondary N) is 1. The molecule has 1 aliphatic rings. The highest BCUT2D eigenvalue weighted by Crippen LogP contribution is 2.27. The number of hydrogen-bond donors (Lipinski definition) is 2. The topological polar surface area (TPSA) is 91.8 Å². The van der Waals surface area contributed by atoms with Gasteiger partial charge in [-0.05, 0) is 49.1 Å². The predicted octanol–water partition coefficient (Wildman–Crippen LogP) is 3.69. The van der Waals surface area contributed by atoms with E-state index >= 15 is 0 Å². The van der Waals surface area contributed by atoms with Gasteiger partial charge >= 0.3 is 0 Å². The van der Waals surface area contributed by atoms with Gasteiger partial charge in [0.15, 0.2) is 0 Å². The van der Waals surface area contributed by atoms with Gasteiger partial charge < -0.3 is 10.6 Å². The van der Waals surface area contributed by atoms with Crippen molar-refractivity contribution < 1.29 is 0 Å². The molecule has 1 fully saturated rings. The molecule has 0 aromatic carbocycles. The number of aromatic nitrogens is 3. The second-order valence-corrected chi connectivity index (χ2v) is 7.45. The molecule has 0 bridgehead atoms. The summed E-state index contributed by atoms with van der Waals surface area (Å²) in [4.78, 5) is 15.7. The second-order valence-electron chi connectivity index (χ2n) is 7.45. The molecule has 3 aromatic rings. The molecule has 3 aromatic heterocycles. The third-order valence-electron chi connectivity index (χ3n) is 5.21. The molecule has 1 atom stereocenters. The highest BCUT2D eigenvalue weighted by Gasteiger charge is 2.22. The van der Waals surface area contributed by atoms with Crippen LogP contribution in [0.25, 0.3) is 11.3 Å². The summed E-state index contributed by atoms with van der Waals surface area (Å²) in [6.45, 7) is 6.35. The van der Waals surface area contributed by atoms with Crippen molar-refractivity contribution in [3.8, 4) is 11.3 Å². The molecule has 0 spiro atoms. The van der Waals surface area contributed by atoms with Gasteiger partial charge in [0.05, 0.1) is 29.0 Å². The Kier molecular flexibility index (Phi) is 4.77. The number of aryl methyl sites for hydroxylation is 1. The average Bonchev–Trinajstić information content (AvgIpc) is 3.15. The Hall–Kier alpha value is -3.28. The number of nitrogens with two attached hydrogens (primary N) is 1. The van der Waals surface area contributed by atoms with Gasteiger partial charge in [0, 0.05) is 36.6 Å². The fourth-order valence-electron chi connectivity index (χ4n) is 3.60. The first-order chi connectivity index (χ1) is 13.5. The first-order valence-corrected chi connectivity index (χ1v) is 9.50. The monoisotopic (exact) mass is 372 g/mol. The van der Waals surface area contributed by atoms with Crippen molar-refractivity contribution in [3.63, 3.8) is 0 Å². The molecule has 4 heterocycles. The Morgan fingerprint density at radius 2 is 2.11 bits per heavy atom. The maximum atomic E-state index is 8.74. The van der Waals surface area contributed by atoms with Crippen molar-refractivity contribution in [1.29, 1.82) is 5.41 Å². The normalized spacial score (nSPS) is 16.4. The Morgan fingerprint density at radius 3 is 2.82 bits per heavy atom. The highest BCUT2D eigenvalue weighted by atomic mass is 15.2. The van der Waals surface area contributed by atoms with Gasteiger partial charge in [-0.25, -0.2) is 4.98 Å². The molecule has 0 amide bonds. The van der Waals surface area contributed by atoms with E-state index in [0.717, 1.165) is 35.7 Å².